The summed E-state index contributed by atoms with van der Waals surface area (Å²) in [6, 6.07) is 6.23. The van der Waals surface area contributed by atoms with Gasteiger partial charge >= 0.3 is 12.1 Å². The number of sulfonamides is 1. The van der Waals surface area contributed by atoms with Crippen LogP contribution in [-0.4, -0.2) is 33.4 Å². The van der Waals surface area contributed by atoms with Crippen molar-refractivity contribution >= 4 is 21.7 Å². The molecule has 0 aliphatic rings. The van der Waals surface area contributed by atoms with E-state index in [0.717, 1.165) is 12.1 Å². The van der Waals surface area contributed by atoms with Crippen LogP contribution in [0.25, 0.3) is 0 Å². The highest BCUT2D eigenvalue weighted by Crippen LogP contribution is 2.21. The number of hydrogen-bond donors (Lipinski definition) is 0. The smallest absolute Gasteiger partial charge is 0.441 e. The highest BCUT2D eigenvalue weighted by atomic mass is 32.2. The quantitative estimate of drug-likeness (QED) is 0.626. The van der Waals surface area contributed by atoms with Crippen molar-refractivity contribution in [2.75, 3.05) is 7.11 Å². The number of benzene rings is 1. The molecule has 0 radical (unpaired) electrons. The fourth-order valence-electron chi connectivity index (χ4n) is 1.07. The van der Waals surface area contributed by atoms with E-state index in [1.165, 1.54) is 18.2 Å². The third kappa shape index (κ3) is 3.78. The van der Waals surface area contributed by atoms with Gasteiger partial charge in [0.1, 0.15) is 0 Å². The van der Waals surface area contributed by atoms with Crippen LogP contribution < -0.4 is 0 Å². The van der Waals surface area contributed by atoms with Crippen LogP contribution in [0.3, 0.4) is 0 Å². The first-order chi connectivity index (χ1) is 8.68. The summed E-state index contributed by atoms with van der Waals surface area (Å²) in [5.41, 5.74) is -2.13. The van der Waals surface area contributed by atoms with E-state index in [9.17, 15) is 26.4 Å². The second-order valence-corrected chi connectivity index (χ2v) is 4.82. The maximum absolute atomic E-state index is 12.5. The molecule has 9 heteroatoms. The molecule has 0 saturated carbocycles. The Morgan fingerprint density at radius 1 is 1.21 bits per heavy atom. The van der Waals surface area contributed by atoms with Crippen molar-refractivity contribution in [3.63, 3.8) is 0 Å². The van der Waals surface area contributed by atoms with E-state index in [1.807, 2.05) is 0 Å². The lowest BCUT2D eigenvalue weighted by Gasteiger charge is -2.08. The number of nitrogens with zero attached hydrogens (tertiary/aromatic N) is 1. The minimum absolute atomic E-state index is 0.458. The van der Waals surface area contributed by atoms with Crippen LogP contribution >= 0.6 is 0 Å². The molecular weight excluding hydrogens is 287 g/mol. The van der Waals surface area contributed by atoms with Crippen molar-refractivity contribution in [2.24, 2.45) is 4.40 Å². The first-order valence-electron chi connectivity index (χ1n) is 4.74. The maximum Gasteiger partial charge on any atom is 0.441 e. The van der Waals surface area contributed by atoms with E-state index in [-0.39, 0.29) is 0 Å². The molecular formula is C10H8F3NO4S. The number of ether oxygens (including phenoxy) is 1. The summed E-state index contributed by atoms with van der Waals surface area (Å²) in [6.07, 6.45) is -5.23. The summed E-state index contributed by atoms with van der Waals surface area (Å²) in [7, 11) is -3.94. The summed E-state index contributed by atoms with van der Waals surface area (Å²) in [6.45, 7) is 0. The predicted molar refractivity (Wildman–Crippen MR) is 59.1 cm³/mol. The van der Waals surface area contributed by atoms with Gasteiger partial charge in [0.05, 0.1) is 12.0 Å². The molecule has 0 bridgehead atoms. The normalized spacial score (nSPS) is 13.2. The molecule has 1 aromatic carbocycles. The lowest BCUT2D eigenvalue weighted by molar-refractivity contribution is -0.137. The van der Waals surface area contributed by atoms with E-state index < -0.39 is 32.8 Å². The Kier molecular flexibility index (Phi) is 4.30. The van der Waals surface area contributed by atoms with Gasteiger partial charge in [0, 0.05) is 0 Å². The topological polar surface area (TPSA) is 72.8 Å². The molecule has 5 nitrogen and oxygen atoms in total. The highest BCUT2D eigenvalue weighted by molar-refractivity contribution is 7.90. The van der Waals surface area contributed by atoms with Crippen molar-refractivity contribution in [1.29, 1.82) is 0 Å². The van der Waals surface area contributed by atoms with Gasteiger partial charge in [-0.2, -0.15) is 21.6 Å². The molecule has 0 aliphatic carbocycles. The zero-order chi connectivity index (χ0) is 14.7. The van der Waals surface area contributed by atoms with Crippen LogP contribution in [0, 0.1) is 0 Å². The summed E-state index contributed by atoms with van der Waals surface area (Å²) in [5, 5.41) is 0. The predicted octanol–water partition coefficient (Wildman–Crippen LogP) is 1.55. The number of methoxy groups -OCH3 is 1. The van der Waals surface area contributed by atoms with Crippen molar-refractivity contribution in [2.45, 2.75) is 11.1 Å². The average molecular weight is 295 g/mol. The SMILES string of the molecule is COC(=O)/C(=N\S(=O)(=O)c1ccccc1)C(F)(F)F. The van der Waals surface area contributed by atoms with Crippen molar-refractivity contribution in [1.82, 2.24) is 0 Å². The Morgan fingerprint density at radius 3 is 2.16 bits per heavy atom. The summed E-state index contributed by atoms with van der Waals surface area (Å²) < 4.78 is 67.1. The van der Waals surface area contributed by atoms with E-state index in [2.05, 4.69) is 9.13 Å². The lowest BCUT2D eigenvalue weighted by Crippen LogP contribution is -2.33. The van der Waals surface area contributed by atoms with Gasteiger partial charge in [-0.25, -0.2) is 4.79 Å². The summed E-state index contributed by atoms with van der Waals surface area (Å²) in [5.74, 6) is -1.87. The molecule has 1 aromatic rings. The molecule has 0 saturated heterocycles. The van der Waals surface area contributed by atoms with E-state index in [4.69, 9.17) is 0 Å². The van der Waals surface area contributed by atoms with Gasteiger partial charge in [-0.15, -0.1) is 4.40 Å². The van der Waals surface area contributed by atoms with Crippen molar-refractivity contribution < 1.29 is 31.1 Å². The monoisotopic (exact) mass is 295 g/mol. The number of hydrogen-bond acceptors (Lipinski definition) is 4. The van der Waals surface area contributed by atoms with Crippen molar-refractivity contribution in [3.8, 4) is 0 Å². The van der Waals surface area contributed by atoms with Gasteiger partial charge < -0.3 is 4.74 Å². The standard InChI is InChI=1S/C10H8F3NO4S/c1-18-9(15)8(10(11,12)13)14-19(16,17)7-5-3-2-4-6-7/h2-6H,1H3/b14-8+. The first-order valence-corrected chi connectivity index (χ1v) is 6.18. The Labute approximate surface area is 106 Å². The third-order valence-electron chi connectivity index (χ3n) is 1.90. The van der Waals surface area contributed by atoms with Gasteiger partial charge in [0.15, 0.2) is 0 Å². The minimum Gasteiger partial charge on any atom is -0.464 e. The van der Waals surface area contributed by atoms with Gasteiger partial charge in [-0.3, -0.25) is 0 Å². The van der Waals surface area contributed by atoms with Gasteiger partial charge in [-0.1, -0.05) is 18.2 Å². The molecule has 0 amide bonds. The van der Waals surface area contributed by atoms with Gasteiger partial charge in [0.2, 0.25) is 5.71 Å². The molecule has 104 valence electrons. The number of halogens is 3. The zero-order valence-electron chi connectivity index (χ0n) is 9.51. The average Bonchev–Trinajstić information content (AvgIpc) is 2.35. The first kappa shape index (κ1) is 15.2. The molecule has 19 heavy (non-hydrogen) atoms. The second kappa shape index (κ2) is 5.39. The molecule has 0 aliphatic heterocycles. The van der Waals surface area contributed by atoms with E-state index in [0.29, 0.717) is 7.11 Å². The number of carbonyl (C=O) groups excluding carboxylic acids is 1. The Hall–Kier alpha value is -1.90. The molecule has 0 atom stereocenters. The number of carbonyl (C=O) groups is 1. The van der Waals surface area contributed by atoms with E-state index in [1.54, 1.807) is 0 Å². The third-order valence-corrected chi connectivity index (χ3v) is 3.19. The number of esters is 1. The number of alkyl halides is 3. The molecule has 0 heterocycles. The minimum atomic E-state index is -5.23. The zero-order valence-corrected chi connectivity index (χ0v) is 10.3. The fourth-order valence-corrected chi connectivity index (χ4v) is 2.09. The fraction of sp³-hybridized carbons (Fsp3) is 0.200. The largest absolute Gasteiger partial charge is 0.464 e. The second-order valence-electron chi connectivity index (χ2n) is 3.22. The Morgan fingerprint density at radius 2 is 1.74 bits per heavy atom. The molecule has 0 fully saturated rings. The van der Waals surface area contributed by atoms with Crippen LogP contribution in [0.1, 0.15) is 0 Å². The van der Waals surface area contributed by atoms with Crippen LogP contribution in [-0.2, 0) is 19.6 Å². The van der Waals surface area contributed by atoms with Gasteiger partial charge in [0.25, 0.3) is 10.0 Å². The van der Waals surface area contributed by atoms with Crippen molar-refractivity contribution in [3.05, 3.63) is 30.3 Å². The van der Waals surface area contributed by atoms with Gasteiger partial charge in [-0.05, 0) is 12.1 Å². The summed E-state index contributed by atoms with van der Waals surface area (Å²) in [4.78, 5) is 10.5. The van der Waals surface area contributed by atoms with E-state index >= 15 is 0 Å². The Bertz CT molecular complexity index is 593. The maximum atomic E-state index is 12.5. The highest BCUT2D eigenvalue weighted by Gasteiger charge is 2.43. The molecule has 0 aromatic heterocycles. The van der Waals surface area contributed by atoms with Crippen LogP contribution in [0.2, 0.25) is 0 Å². The number of rotatable bonds is 3. The molecule has 0 N–H and O–H groups in total. The van der Waals surface area contributed by atoms with Crippen LogP contribution in [0.5, 0.6) is 0 Å². The van der Waals surface area contributed by atoms with Crippen LogP contribution in [0.15, 0.2) is 39.6 Å². The van der Waals surface area contributed by atoms with Crippen LogP contribution in [0.4, 0.5) is 13.2 Å². The molecule has 0 spiro atoms. The lowest BCUT2D eigenvalue weighted by atomic mass is 10.4. The Balaban J connectivity index is 3.35. The summed E-state index contributed by atoms with van der Waals surface area (Å²) >= 11 is 0. The molecule has 0 unspecified atom stereocenters. The molecule has 1 rings (SSSR count).